The number of rotatable bonds is 15. The Bertz CT molecular complexity index is 1100. The van der Waals surface area contributed by atoms with Crippen LogP contribution in [0.15, 0.2) is 30.5 Å². The predicted molar refractivity (Wildman–Crippen MR) is 135 cm³/mol. The number of hydrogen-bond acceptors (Lipinski definition) is 6. The lowest BCUT2D eigenvalue weighted by Gasteiger charge is -2.26. The van der Waals surface area contributed by atoms with Gasteiger partial charge in [0, 0.05) is 42.8 Å². The first-order chi connectivity index (χ1) is 17.1. The number of carbonyl (C=O) groups excluding carboxylic acids is 5. The van der Waals surface area contributed by atoms with Crippen LogP contribution in [0.25, 0.3) is 10.9 Å². The number of primary amides is 1. The molecule has 0 fully saturated rings. The molecule has 1 aromatic carbocycles. The maximum atomic E-state index is 13.4. The Morgan fingerprint density at radius 2 is 1.78 bits per heavy atom. The number of aliphatic hydroxyl groups excluding tert-OH is 1. The van der Waals surface area contributed by atoms with Gasteiger partial charge < -0.3 is 26.5 Å². The van der Waals surface area contributed by atoms with Crippen LogP contribution < -0.4 is 16.4 Å². The largest absolute Gasteiger partial charge is 0.389 e. The number of para-hydroxylation sites is 1. The number of hydrogen-bond donors (Lipinski definition) is 5. The van der Waals surface area contributed by atoms with Crippen LogP contribution in [-0.2, 0) is 30.4 Å². The number of aromatic amines is 1. The van der Waals surface area contributed by atoms with Crippen molar-refractivity contribution in [1.29, 1.82) is 0 Å². The van der Waals surface area contributed by atoms with Gasteiger partial charge in [0.2, 0.25) is 17.7 Å². The van der Waals surface area contributed by atoms with Gasteiger partial charge in [0.15, 0.2) is 11.6 Å². The normalized spacial score (nSPS) is 14.4. The SMILES string of the molecule is CCC(C)[C@H](NC(=O)[C@@H](CC(=O)[C@H](CCC(N)=O)NC(C)=O)Cc1c[nH]c2ccccc12)C(=O)CO. The van der Waals surface area contributed by atoms with Crippen molar-refractivity contribution in [3.05, 3.63) is 36.0 Å². The highest BCUT2D eigenvalue weighted by Crippen LogP contribution is 2.24. The molecule has 196 valence electrons. The Labute approximate surface area is 210 Å². The van der Waals surface area contributed by atoms with Crippen LogP contribution in [0.5, 0.6) is 0 Å². The second kappa shape index (κ2) is 13.5. The molecule has 1 unspecified atom stereocenters. The van der Waals surface area contributed by atoms with E-state index >= 15 is 0 Å². The minimum absolute atomic E-state index is 0.0215. The lowest BCUT2D eigenvalue weighted by molar-refractivity contribution is -0.134. The summed E-state index contributed by atoms with van der Waals surface area (Å²) in [6.45, 7) is 4.23. The Morgan fingerprint density at radius 3 is 2.39 bits per heavy atom. The molecule has 4 atom stereocenters. The number of Topliss-reactive ketones (excluding diaryl/α,β-unsaturated/α-hetero) is 2. The van der Waals surface area contributed by atoms with E-state index in [0.29, 0.717) is 6.42 Å². The molecule has 10 nitrogen and oxygen atoms in total. The van der Waals surface area contributed by atoms with Gasteiger partial charge in [-0.15, -0.1) is 0 Å². The van der Waals surface area contributed by atoms with Gasteiger partial charge in [-0.05, 0) is 30.4 Å². The average molecular weight is 501 g/mol. The summed E-state index contributed by atoms with van der Waals surface area (Å²) in [6.07, 6.45) is 2.27. The van der Waals surface area contributed by atoms with E-state index in [9.17, 15) is 29.1 Å². The second-order valence-electron chi connectivity index (χ2n) is 9.19. The van der Waals surface area contributed by atoms with Crippen molar-refractivity contribution in [2.24, 2.45) is 17.6 Å². The number of benzene rings is 1. The van der Waals surface area contributed by atoms with Gasteiger partial charge in [-0.25, -0.2) is 0 Å². The maximum Gasteiger partial charge on any atom is 0.224 e. The summed E-state index contributed by atoms with van der Waals surface area (Å²) in [5.74, 6) is -3.56. The van der Waals surface area contributed by atoms with Crippen LogP contribution in [0.4, 0.5) is 0 Å². The number of nitrogens with one attached hydrogen (secondary N) is 3. The van der Waals surface area contributed by atoms with Gasteiger partial charge in [-0.3, -0.25) is 24.0 Å². The number of carbonyl (C=O) groups is 5. The molecule has 0 saturated carbocycles. The number of fused-ring (bicyclic) bond motifs is 1. The Kier molecular flexibility index (Phi) is 10.8. The third kappa shape index (κ3) is 8.01. The fourth-order valence-electron chi connectivity index (χ4n) is 4.20. The highest BCUT2D eigenvalue weighted by atomic mass is 16.3. The van der Waals surface area contributed by atoms with Gasteiger partial charge in [0.05, 0.1) is 12.1 Å². The quantitative estimate of drug-likeness (QED) is 0.245. The van der Waals surface area contributed by atoms with Gasteiger partial charge >= 0.3 is 0 Å². The number of ketones is 2. The van der Waals surface area contributed by atoms with Crippen molar-refractivity contribution >= 4 is 40.2 Å². The van der Waals surface area contributed by atoms with E-state index < -0.39 is 53.9 Å². The molecule has 0 bridgehead atoms. The van der Waals surface area contributed by atoms with Crippen molar-refractivity contribution in [3.63, 3.8) is 0 Å². The molecule has 10 heteroatoms. The minimum Gasteiger partial charge on any atom is -0.389 e. The number of H-pyrrole nitrogens is 1. The Hall–Kier alpha value is -3.53. The maximum absolute atomic E-state index is 13.4. The van der Waals surface area contributed by atoms with E-state index in [4.69, 9.17) is 5.73 Å². The average Bonchev–Trinajstić information content (AvgIpc) is 3.25. The highest BCUT2D eigenvalue weighted by molar-refractivity contribution is 5.95. The fraction of sp³-hybridized carbons (Fsp3) is 0.500. The standard InChI is InChI=1S/C26H36N4O6/c1-4-15(2)25(23(34)14-31)30-26(36)17(11-18-13-28-20-8-6-5-7-19(18)20)12-22(33)21(29-16(3)32)9-10-24(27)35/h5-8,13,15,17,21,25,28,31H,4,9-12,14H2,1-3H3,(H2,27,35)(H,29,32)(H,30,36)/t15?,17-,21+,25+/m1/s1. The van der Waals surface area contributed by atoms with Crippen LogP contribution in [-0.4, -0.2) is 58.1 Å². The molecule has 1 heterocycles. The molecule has 2 rings (SSSR count). The lowest BCUT2D eigenvalue weighted by atomic mass is 9.88. The summed E-state index contributed by atoms with van der Waals surface area (Å²) in [5, 5.41) is 15.6. The molecule has 2 aromatic rings. The smallest absolute Gasteiger partial charge is 0.224 e. The number of amides is 3. The molecule has 3 amide bonds. The monoisotopic (exact) mass is 500 g/mol. The van der Waals surface area contributed by atoms with Gasteiger partial charge in [-0.1, -0.05) is 38.5 Å². The summed E-state index contributed by atoms with van der Waals surface area (Å²) < 4.78 is 0. The van der Waals surface area contributed by atoms with Crippen LogP contribution in [0, 0.1) is 11.8 Å². The molecule has 0 saturated heterocycles. The van der Waals surface area contributed by atoms with Crippen LogP contribution in [0.3, 0.4) is 0 Å². The first-order valence-electron chi connectivity index (χ1n) is 12.1. The van der Waals surface area contributed by atoms with E-state index in [0.717, 1.165) is 16.5 Å². The summed E-state index contributed by atoms with van der Waals surface area (Å²) in [6, 6.07) is 5.68. The molecule has 0 aliphatic rings. The fourth-order valence-corrected chi connectivity index (χ4v) is 4.20. The molecular weight excluding hydrogens is 464 g/mol. The van der Waals surface area contributed by atoms with Gasteiger partial charge in [-0.2, -0.15) is 0 Å². The van der Waals surface area contributed by atoms with Crippen LogP contribution in [0.1, 0.15) is 52.0 Å². The molecular formula is C26H36N4O6. The first kappa shape index (κ1) is 28.7. The number of aliphatic hydroxyl groups is 1. The van der Waals surface area contributed by atoms with E-state index in [2.05, 4.69) is 15.6 Å². The predicted octanol–water partition coefficient (Wildman–Crippen LogP) is 1.15. The van der Waals surface area contributed by atoms with E-state index in [1.54, 1.807) is 13.1 Å². The summed E-state index contributed by atoms with van der Waals surface area (Å²) in [5.41, 5.74) is 6.92. The third-order valence-electron chi connectivity index (χ3n) is 6.42. The van der Waals surface area contributed by atoms with Crippen molar-refractivity contribution in [3.8, 4) is 0 Å². The van der Waals surface area contributed by atoms with Crippen molar-refractivity contribution in [1.82, 2.24) is 15.6 Å². The number of aromatic nitrogens is 1. The summed E-state index contributed by atoms with van der Waals surface area (Å²) in [4.78, 5) is 65.0. The lowest BCUT2D eigenvalue weighted by Crippen LogP contribution is -2.49. The molecule has 0 radical (unpaired) electrons. The molecule has 0 spiro atoms. The van der Waals surface area contributed by atoms with Crippen molar-refractivity contribution in [2.75, 3.05) is 6.61 Å². The van der Waals surface area contributed by atoms with Crippen LogP contribution in [0.2, 0.25) is 0 Å². The third-order valence-corrected chi connectivity index (χ3v) is 6.42. The second-order valence-corrected chi connectivity index (χ2v) is 9.19. The zero-order valence-electron chi connectivity index (χ0n) is 21.0. The van der Waals surface area contributed by atoms with E-state index in [1.165, 1.54) is 6.92 Å². The Morgan fingerprint density at radius 1 is 1.08 bits per heavy atom. The van der Waals surface area contributed by atoms with Crippen molar-refractivity contribution < 1.29 is 29.1 Å². The molecule has 0 aliphatic carbocycles. The van der Waals surface area contributed by atoms with Crippen molar-refractivity contribution in [2.45, 2.75) is 65.0 Å². The number of nitrogens with two attached hydrogens (primary N) is 1. The Balaban J connectivity index is 2.34. The van der Waals surface area contributed by atoms with Gasteiger partial charge in [0.1, 0.15) is 6.61 Å². The molecule has 36 heavy (non-hydrogen) atoms. The zero-order chi connectivity index (χ0) is 26.8. The summed E-state index contributed by atoms with van der Waals surface area (Å²) in [7, 11) is 0. The molecule has 1 aromatic heterocycles. The van der Waals surface area contributed by atoms with E-state index in [-0.39, 0.29) is 31.6 Å². The van der Waals surface area contributed by atoms with Crippen LogP contribution >= 0.6 is 0 Å². The first-order valence-corrected chi connectivity index (χ1v) is 12.1. The minimum atomic E-state index is -0.974. The van der Waals surface area contributed by atoms with Gasteiger partial charge in [0.25, 0.3) is 0 Å². The molecule has 0 aliphatic heterocycles. The topological polar surface area (TPSA) is 171 Å². The highest BCUT2D eigenvalue weighted by Gasteiger charge is 2.32. The summed E-state index contributed by atoms with van der Waals surface area (Å²) >= 11 is 0. The zero-order valence-corrected chi connectivity index (χ0v) is 21.0. The molecule has 6 N–H and O–H groups in total. The van der Waals surface area contributed by atoms with E-state index in [1.807, 2.05) is 31.2 Å².